The SMILES string of the molecule is C=C(N)c1ccc(C(CC)CCNC)cc1. The summed E-state index contributed by atoms with van der Waals surface area (Å²) in [5.74, 6) is 0.632. The van der Waals surface area contributed by atoms with Crippen molar-refractivity contribution in [2.24, 2.45) is 5.73 Å². The van der Waals surface area contributed by atoms with Gasteiger partial charge in [0.1, 0.15) is 0 Å². The zero-order valence-electron chi connectivity index (χ0n) is 10.3. The zero-order chi connectivity index (χ0) is 12.0. The second kappa shape index (κ2) is 6.33. The Hall–Kier alpha value is -1.28. The van der Waals surface area contributed by atoms with E-state index in [0.29, 0.717) is 11.6 Å². The maximum atomic E-state index is 5.65. The lowest BCUT2D eigenvalue weighted by molar-refractivity contribution is 0.581. The molecule has 1 aromatic carbocycles. The molecule has 0 saturated heterocycles. The molecule has 2 heteroatoms. The Balaban J connectivity index is 2.74. The van der Waals surface area contributed by atoms with Crippen molar-refractivity contribution in [3.63, 3.8) is 0 Å². The third-order valence-electron chi connectivity index (χ3n) is 2.99. The van der Waals surface area contributed by atoms with Gasteiger partial charge in [-0.3, -0.25) is 0 Å². The first kappa shape index (κ1) is 12.8. The van der Waals surface area contributed by atoms with Crippen LogP contribution in [0.5, 0.6) is 0 Å². The van der Waals surface area contributed by atoms with Crippen molar-refractivity contribution < 1.29 is 0 Å². The van der Waals surface area contributed by atoms with Crippen molar-refractivity contribution in [1.29, 1.82) is 0 Å². The van der Waals surface area contributed by atoms with Crippen molar-refractivity contribution in [3.05, 3.63) is 42.0 Å². The molecule has 1 unspecified atom stereocenters. The van der Waals surface area contributed by atoms with E-state index in [1.165, 1.54) is 18.4 Å². The lowest BCUT2D eigenvalue weighted by Gasteiger charge is -2.15. The molecule has 0 saturated carbocycles. The van der Waals surface area contributed by atoms with E-state index in [0.717, 1.165) is 12.1 Å². The molecule has 0 spiro atoms. The molecule has 0 aliphatic heterocycles. The topological polar surface area (TPSA) is 38.0 Å². The van der Waals surface area contributed by atoms with E-state index < -0.39 is 0 Å². The Bertz CT molecular complexity index is 327. The second-order valence-electron chi connectivity index (χ2n) is 4.14. The minimum atomic E-state index is 0.632. The quantitative estimate of drug-likeness (QED) is 0.770. The first-order valence-electron chi connectivity index (χ1n) is 5.88. The molecule has 0 aromatic heterocycles. The largest absolute Gasteiger partial charge is 0.399 e. The van der Waals surface area contributed by atoms with Crippen LogP contribution < -0.4 is 11.1 Å². The van der Waals surface area contributed by atoms with Crippen molar-refractivity contribution in [3.8, 4) is 0 Å². The average molecular weight is 218 g/mol. The van der Waals surface area contributed by atoms with E-state index in [9.17, 15) is 0 Å². The summed E-state index contributed by atoms with van der Waals surface area (Å²) in [5, 5.41) is 3.20. The lowest BCUT2D eigenvalue weighted by atomic mass is 9.92. The van der Waals surface area contributed by atoms with Crippen LogP contribution in [-0.2, 0) is 0 Å². The van der Waals surface area contributed by atoms with Crippen molar-refractivity contribution in [1.82, 2.24) is 5.32 Å². The van der Waals surface area contributed by atoms with E-state index in [2.05, 4.69) is 43.1 Å². The standard InChI is InChI=1S/C14H22N2/c1-4-12(9-10-16-3)14-7-5-13(6-8-14)11(2)15/h5-8,12,16H,2,4,9-10,15H2,1,3H3. The molecule has 1 rings (SSSR count). The summed E-state index contributed by atoms with van der Waals surface area (Å²) in [6.07, 6.45) is 2.35. The van der Waals surface area contributed by atoms with Gasteiger partial charge < -0.3 is 11.1 Å². The molecule has 0 radical (unpaired) electrons. The van der Waals surface area contributed by atoms with Gasteiger partial charge >= 0.3 is 0 Å². The van der Waals surface area contributed by atoms with Crippen LogP contribution in [0.1, 0.15) is 36.8 Å². The summed E-state index contributed by atoms with van der Waals surface area (Å²) in [5.41, 5.74) is 8.69. The molecule has 3 N–H and O–H groups in total. The fourth-order valence-corrected chi connectivity index (χ4v) is 1.89. The fraction of sp³-hybridized carbons (Fsp3) is 0.429. The van der Waals surface area contributed by atoms with Crippen LogP contribution in [0.15, 0.2) is 30.8 Å². The van der Waals surface area contributed by atoms with Crippen LogP contribution in [0.25, 0.3) is 5.70 Å². The summed E-state index contributed by atoms with van der Waals surface area (Å²) in [6.45, 7) is 7.03. The fourth-order valence-electron chi connectivity index (χ4n) is 1.89. The maximum Gasteiger partial charge on any atom is 0.0314 e. The highest BCUT2D eigenvalue weighted by atomic mass is 14.8. The summed E-state index contributed by atoms with van der Waals surface area (Å²) >= 11 is 0. The van der Waals surface area contributed by atoms with Gasteiger partial charge in [-0.15, -0.1) is 0 Å². The number of hydrogen-bond donors (Lipinski definition) is 2. The highest BCUT2D eigenvalue weighted by molar-refractivity contribution is 5.60. The average Bonchev–Trinajstić information content (AvgIpc) is 2.30. The van der Waals surface area contributed by atoms with Crippen LogP contribution in [0, 0.1) is 0 Å². The third kappa shape index (κ3) is 3.38. The summed E-state index contributed by atoms with van der Waals surface area (Å²) < 4.78 is 0. The number of hydrogen-bond acceptors (Lipinski definition) is 2. The first-order valence-corrected chi connectivity index (χ1v) is 5.88. The van der Waals surface area contributed by atoms with Gasteiger partial charge in [0, 0.05) is 5.70 Å². The number of nitrogens with one attached hydrogen (secondary N) is 1. The normalized spacial score (nSPS) is 12.4. The van der Waals surface area contributed by atoms with Gasteiger partial charge in [0.2, 0.25) is 0 Å². The summed E-state index contributed by atoms with van der Waals surface area (Å²) in [7, 11) is 1.99. The Morgan fingerprint density at radius 1 is 1.38 bits per heavy atom. The van der Waals surface area contributed by atoms with E-state index in [1.807, 2.05) is 7.05 Å². The number of benzene rings is 1. The Morgan fingerprint density at radius 3 is 2.44 bits per heavy atom. The van der Waals surface area contributed by atoms with E-state index in [4.69, 9.17) is 5.73 Å². The van der Waals surface area contributed by atoms with Gasteiger partial charge in [0.25, 0.3) is 0 Å². The Morgan fingerprint density at radius 2 is 2.00 bits per heavy atom. The van der Waals surface area contributed by atoms with Crippen LogP contribution >= 0.6 is 0 Å². The van der Waals surface area contributed by atoms with Gasteiger partial charge in [-0.2, -0.15) is 0 Å². The number of rotatable bonds is 6. The predicted molar refractivity (Wildman–Crippen MR) is 71.2 cm³/mol. The Labute approximate surface area is 98.6 Å². The maximum absolute atomic E-state index is 5.65. The molecule has 16 heavy (non-hydrogen) atoms. The third-order valence-corrected chi connectivity index (χ3v) is 2.99. The smallest absolute Gasteiger partial charge is 0.0314 e. The minimum Gasteiger partial charge on any atom is -0.399 e. The van der Waals surface area contributed by atoms with Gasteiger partial charge in [-0.05, 0) is 43.5 Å². The molecular weight excluding hydrogens is 196 g/mol. The van der Waals surface area contributed by atoms with E-state index in [-0.39, 0.29) is 0 Å². The van der Waals surface area contributed by atoms with Crippen molar-refractivity contribution in [2.45, 2.75) is 25.7 Å². The molecule has 1 aromatic rings. The van der Waals surface area contributed by atoms with Crippen molar-refractivity contribution in [2.75, 3.05) is 13.6 Å². The molecule has 0 bridgehead atoms. The van der Waals surface area contributed by atoms with E-state index >= 15 is 0 Å². The second-order valence-corrected chi connectivity index (χ2v) is 4.14. The zero-order valence-corrected chi connectivity index (χ0v) is 10.3. The molecular formula is C14H22N2. The summed E-state index contributed by atoms with van der Waals surface area (Å²) in [6, 6.07) is 8.44. The molecule has 2 nitrogen and oxygen atoms in total. The molecule has 1 atom stereocenters. The molecule has 88 valence electrons. The molecule has 0 amide bonds. The van der Waals surface area contributed by atoms with Crippen molar-refractivity contribution >= 4 is 5.70 Å². The molecule has 0 heterocycles. The van der Waals surface area contributed by atoms with Crippen LogP contribution in [-0.4, -0.2) is 13.6 Å². The van der Waals surface area contributed by atoms with Gasteiger partial charge in [-0.1, -0.05) is 37.8 Å². The van der Waals surface area contributed by atoms with Gasteiger partial charge in [0.15, 0.2) is 0 Å². The monoisotopic (exact) mass is 218 g/mol. The Kier molecular flexibility index (Phi) is 5.06. The highest BCUT2D eigenvalue weighted by Crippen LogP contribution is 2.23. The summed E-state index contributed by atoms with van der Waals surface area (Å²) in [4.78, 5) is 0. The van der Waals surface area contributed by atoms with Crippen LogP contribution in [0.2, 0.25) is 0 Å². The van der Waals surface area contributed by atoms with E-state index in [1.54, 1.807) is 0 Å². The molecule has 0 aliphatic rings. The predicted octanol–water partition coefficient (Wildman–Crippen LogP) is 2.72. The molecule has 0 fully saturated rings. The van der Waals surface area contributed by atoms with Gasteiger partial charge in [0.05, 0.1) is 0 Å². The van der Waals surface area contributed by atoms with Crippen LogP contribution in [0.3, 0.4) is 0 Å². The van der Waals surface area contributed by atoms with Crippen LogP contribution in [0.4, 0.5) is 0 Å². The highest BCUT2D eigenvalue weighted by Gasteiger charge is 2.08. The molecule has 0 aliphatic carbocycles. The first-order chi connectivity index (χ1) is 7.69. The minimum absolute atomic E-state index is 0.632. The number of nitrogens with two attached hydrogens (primary N) is 1. The van der Waals surface area contributed by atoms with Gasteiger partial charge in [-0.25, -0.2) is 0 Å². The lowest BCUT2D eigenvalue weighted by Crippen LogP contribution is -2.12.